The topological polar surface area (TPSA) is 89.7 Å². The first-order chi connectivity index (χ1) is 9.98. The highest BCUT2D eigenvalue weighted by atomic mass is 32.2. The molecule has 0 unspecified atom stereocenters. The molecule has 0 atom stereocenters. The molecule has 0 amide bonds. The van der Waals surface area contributed by atoms with E-state index in [0.29, 0.717) is 25.6 Å². The Bertz CT molecular complexity index is 607. The number of ether oxygens (including phenoxy) is 1. The van der Waals surface area contributed by atoms with E-state index in [4.69, 9.17) is 5.73 Å². The molecule has 0 aromatic heterocycles. The molecule has 1 aliphatic heterocycles. The highest BCUT2D eigenvalue weighted by molar-refractivity contribution is 7.89. The van der Waals surface area contributed by atoms with Crippen molar-refractivity contribution in [2.24, 2.45) is 11.7 Å². The molecular weight excluding hydrogens is 292 g/mol. The lowest BCUT2D eigenvalue weighted by Gasteiger charge is -2.30. The number of nitrogens with two attached hydrogens (primary N) is 1. The summed E-state index contributed by atoms with van der Waals surface area (Å²) in [5.41, 5.74) is 5.85. The quantitative estimate of drug-likeness (QED) is 0.832. The highest BCUT2D eigenvalue weighted by Gasteiger charge is 2.29. The summed E-state index contributed by atoms with van der Waals surface area (Å²) < 4.78 is 31.2. The van der Waals surface area contributed by atoms with E-state index in [-0.39, 0.29) is 10.5 Å². The Kier molecular flexibility index (Phi) is 4.97. The summed E-state index contributed by atoms with van der Waals surface area (Å²) in [6.45, 7) is 1.52. The minimum absolute atomic E-state index is 0.122. The third-order valence-electron chi connectivity index (χ3n) is 3.80. The first-order valence-electron chi connectivity index (χ1n) is 6.87. The predicted molar refractivity (Wildman–Crippen MR) is 78.3 cm³/mol. The van der Waals surface area contributed by atoms with Gasteiger partial charge in [0.2, 0.25) is 10.0 Å². The first kappa shape index (κ1) is 15.9. The van der Waals surface area contributed by atoms with E-state index in [1.807, 2.05) is 0 Å². The van der Waals surface area contributed by atoms with Crippen LogP contribution in [0.3, 0.4) is 0 Å². The lowest BCUT2D eigenvalue weighted by atomic mass is 9.99. The molecule has 0 aliphatic carbocycles. The van der Waals surface area contributed by atoms with Crippen LogP contribution in [0.5, 0.6) is 0 Å². The van der Waals surface area contributed by atoms with E-state index in [2.05, 4.69) is 4.74 Å². The molecule has 0 spiro atoms. The molecule has 116 valence electrons. The van der Waals surface area contributed by atoms with Gasteiger partial charge in [0.15, 0.2) is 0 Å². The molecular formula is C14H20N2O4S. The van der Waals surface area contributed by atoms with Crippen LogP contribution in [0.15, 0.2) is 29.2 Å². The average Bonchev–Trinajstić information content (AvgIpc) is 2.54. The van der Waals surface area contributed by atoms with Gasteiger partial charge in [-0.1, -0.05) is 6.07 Å². The molecule has 1 aliphatic rings. The first-order valence-corrected chi connectivity index (χ1v) is 8.31. The Balaban J connectivity index is 2.22. The van der Waals surface area contributed by atoms with Gasteiger partial charge in [-0.3, -0.25) is 0 Å². The van der Waals surface area contributed by atoms with Crippen LogP contribution in [0, 0.1) is 5.92 Å². The van der Waals surface area contributed by atoms with E-state index in [9.17, 15) is 13.2 Å². The summed E-state index contributed by atoms with van der Waals surface area (Å²) in [4.78, 5) is 11.6. The van der Waals surface area contributed by atoms with Gasteiger partial charge in [0.25, 0.3) is 0 Å². The van der Waals surface area contributed by atoms with Crippen molar-refractivity contribution < 1.29 is 17.9 Å². The summed E-state index contributed by atoms with van der Waals surface area (Å²) in [5.74, 6) is -0.160. The van der Waals surface area contributed by atoms with Crippen molar-refractivity contribution in [3.05, 3.63) is 29.8 Å². The molecule has 0 saturated carbocycles. The van der Waals surface area contributed by atoms with Crippen molar-refractivity contribution in [2.75, 3.05) is 26.7 Å². The third-order valence-corrected chi connectivity index (χ3v) is 5.69. The second-order valence-electron chi connectivity index (χ2n) is 5.10. The van der Waals surface area contributed by atoms with Gasteiger partial charge >= 0.3 is 5.97 Å². The molecule has 1 heterocycles. The van der Waals surface area contributed by atoms with Crippen molar-refractivity contribution in [2.45, 2.75) is 17.7 Å². The largest absolute Gasteiger partial charge is 0.465 e. The molecule has 2 rings (SSSR count). The number of esters is 1. The van der Waals surface area contributed by atoms with Crippen molar-refractivity contribution >= 4 is 16.0 Å². The van der Waals surface area contributed by atoms with Gasteiger partial charge in [-0.05, 0) is 43.5 Å². The number of nitrogens with zero attached hydrogens (tertiary/aromatic N) is 1. The molecule has 7 heteroatoms. The summed E-state index contributed by atoms with van der Waals surface area (Å²) in [7, 11) is -2.31. The maximum atomic E-state index is 12.6. The fourth-order valence-electron chi connectivity index (χ4n) is 2.44. The number of rotatable bonds is 4. The molecule has 0 bridgehead atoms. The monoisotopic (exact) mass is 312 g/mol. The lowest BCUT2D eigenvalue weighted by molar-refractivity contribution is 0.0600. The zero-order valence-corrected chi connectivity index (χ0v) is 12.8. The Morgan fingerprint density at radius 2 is 2.05 bits per heavy atom. The second kappa shape index (κ2) is 6.55. The van der Waals surface area contributed by atoms with Crippen molar-refractivity contribution in [1.82, 2.24) is 4.31 Å². The third kappa shape index (κ3) is 3.42. The van der Waals surface area contributed by atoms with Gasteiger partial charge in [0.1, 0.15) is 0 Å². The summed E-state index contributed by atoms with van der Waals surface area (Å²) in [6, 6.07) is 5.93. The Morgan fingerprint density at radius 1 is 1.38 bits per heavy atom. The molecule has 1 saturated heterocycles. The summed E-state index contributed by atoms with van der Waals surface area (Å²) in [5, 5.41) is 0. The Morgan fingerprint density at radius 3 is 2.62 bits per heavy atom. The number of methoxy groups -OCH3 is 1. The van der Waals surface area contributed by atoms with E-state index in [1.54, 1.807) is 6.07 Å². The normalized spacial score (nSPS) is 17.6. The van der Waals surface area contributed by atoms with Crippen LogP contribution in [0.25, 0.3) is 0 Å². The van der Waals surface area contributed by atoms with E-state index >= 15 is 0 Å². The number of carbonyl (C=O) groups is 1. The van der Waals surface area contributed by atoms with Gasteiger partial charge in [0.05, 0.1) is 17.6 Å². The van der Waals surface area contributed by atoms with Gasteiger partial charge in [0, 0.05) is 13.1 Å². The van der Waals surface area contributed by atoms with Crippen LogP contribution < -0.4 is 5.73 Å². The van der Waals surface area contributed by atoms with Crippen LogP contribution in [0.1, 0.15) is 23.2 Å². The standard InChI is InChI=1S/C14H20N2O4S/c1-20-14(17)12-3-2-4-13(9-12)21(18,19)16-7-5-11(10-15)6-8-16/h2-4,9,11H,5-8,10,15H2,1H3. The SMILES string of the molecule is COC(=O)c1cccc(S(=O)(=O)N2CCC(CN)CC2)c1. The Labute approximate surface area is 124 Å². The van der Waals surface area contributed by atoms with Crippen molar-refractivity contribution in [1.29, 1.82) is 0 Å². The lowest BCUT2D eigenvalue weighted by Crippen LogP contribution is -2.40. The summed E-state index contributed by atoms with van der Waals surface area (Å²) in [6.07, 6.45) is 1.54. The molecule has 2 N–H and O–H groups in total. The van der Waals surface area contributed by atoms with Gasteiger partial charge in [-0.15, -0.1) is 0 Å². The van der Waals surface area contributed by atoms with E-state index in [1.165, 1.54) is 29.6 Å². The number of carbonyl (C=O) groups excluding carboxylic acids is 1. The number of sulfonamides is 1. The van der Waals surface area contributed by atoms with Crippen molar-refractivity contribution in [3.8, 4) is 0 Å². The molecule has 21 heavy (non-hydrogen) atoms. The minimum atomic E-state index is -3.57. The fourth-order valence-corrected chi connectivity index (χ4v) is 3.95. The Hall–Kier alpha value is -1.44. The van der Waals surface area contributed by atoms with Crippen LogP contribution in [-0.4, -0.2) is 45.4 Å². The number of hydrogen-bond acceptors (Lipinski definition) is 5. The van der Waals surface area contributed by atoms with Gasteiger partial charge < -0.3 is 10.5 Å². The molecule has 1 fully saturated rings. The van der Waals surface area contributed by atoms with Crippen LogP contribution in [0.4, 0.5) is 0 Å². The zero-order chi connectivity index (χ0) is 15.5. The van der Waals surface area contributed by atoms with Gasteiger partial charge in [-0.25, -0.2) is 13.2 Å². The minimum Gasteiger partial charge on any atom is -0.465 e. The average molecular weight is 312 g/mol. The van der Waals surface area contributed by atoms with Crippen LogP contribution in [0.2, 0.25) is 0 Å². The predicted octanol–water partition coefficient (Wildman–Crippen LogP) is 0.833. The van der Waals surface area contributed by atoms with E-state index in [0.717, 1.165) is 12.8 Å². The molecule has 1 aromatic rings. The maximum absolute atomic E-state index is 12.6. The number of hydrogen-bond donors (Lipinski definition) is 1. The molecule has 6 nitrogen and oxygen atoms in total. The molecule has 1 aromatic carbocycles. The van der Waals surface area contributed by atoms with Crippen molar-refractivity contribution in [3.63, 3.8) is 0 Å². The second-order valence-corrected chi connectivity index (χ2v) is 7.04. The highest BCUT2D eigenvalue weighted by Crippen LogP contribution is 2.23. The van der Waals surface area contributed by atoms with Gasteiger partial charge in [-0.2, -0.15) is 4.31 Å². The molecule has 0 radical (unpaired) electrons. The fraction of sp³-hybridized carbons (Fsp3) is 0.500. The van der Waals surface area contributed by atoms with Crippen LogP contribution in [-0.2, 0) is 14.8 Å². The smallest absolute Gasteiger partial charge is 0.337 e. The maximum Gasteiger partial charge on any atom is 0.337 e. The number of benzene rings is 1. The zero-order valence-electron chi connectivity index (χ0n) is 12.0. The summed E-state index contributed by atoms with van der Waals surface area (Å²) >= 11 is 0. The van der Waals surface area contributed by atoms with E-state index < -0.39 is 16.0 Å². The number of piperidine rings is 1. The van der Waals surface area contributed by atoms with Crippen LogP contribution >= 0.6 is 0 Å².